The van der Waals surface area contributed by atoms with Gasteiger partial charge in [0, 0.05) is 0 Å². The summed E-state index contributed by atoms with van der Waals surface area (Å²) in [6.07, 6.45) is 0. The van der Waals surface area contributed by atoms with Gasteiger partial charge in [-0.3, -0.25) is 4.31 Å². The van der Waals surface area contributed by atoms with E-state index in [1.165, 1.54) is 16.4 Å². The highest BCUT2D eigenvalue weighted by Gasteiger charge is 2.25. The molecule has 134 valence electrons. The van der Waals surface area contributed by atoms with Crippen LogP contribution in [0.1, 0.15) is 5.56 Å². The van der Waals surface area contributed by atoms with Crippen LogP contribution >= 0.6 is 0 Å². The van der Waals surface area contributed by atoms with Crippen molar-refractivity contribution in [3.63, 3.8) is 0 Å². The maximum absolute atomic E-state index is 13.2. The fourth-order valence-corrected chi connectivity index (χ4v) is 4.02. The molecule has 0 aliphatic heterocycles. The number of hydrogen-bond acceptors (Lipinski definition) is 4. The first-order valence-corrected chi connectivity index (χ1v) is 9.44. The van der Waals surface area contributed by atoms with Crippen molar-refractivity contribution in [1.82, 2.24) is 0 Å². The maximum atomic E-state index is 13.2. The number of nitrogens with zero attached hydrogens (tertiary/aromatic N) is 1. The summed E-state index contributed by atoms with van der Waals surface area (Å²) in [6, 6.07) is 21.6. The van der Waals surface area contributed by atoms with E-state index < -0.39 is 10.0 Å². The standard InChI is InChI=1S/C20H19NO4S/c1-25-19-13-9-17(10-14-19)21(15-16-7-11-18(22)12-8-16)26(23,24)20-5-3-2-4-6-20/h2-14,22H,15H2,1H3. The molecule has 0 unspecified atom stereocenters. The Labute approximate surface area is 153 Å². The van der Waals surface area contributed by atoms with Crippen molar-refractivity contribution in [1.29, 1.82) is 0 Å². The van der Waals surface area contributed by atoms with Crippen molar-refractivity contribution in [2.75, 3.05) is 11.4 Å². The number of anilines is 1. The summed E-state index contributed by atoms with van der Waals surface area (Å²) in [6.45, 7) is 0.143. The van der Waals surface area contributed by atoms with E-state index in [9.17, 15) is 13.5 Å². The minimum absolute atomic E-state index is 0.135. The molecule has 0 bridgehead atoms. The van der Waals surface area contributed by atoms with Gasteiger partial charge in [-0.25, -0.2) is 8.42 Å². The number of hydrogen-bond donors (Lipinski definition) is 1. The summed E-state index contributed by atoms with van der Waals surface area (Å²) >= 11 is 0. The Kier molecular flexibility index (Phi) is 5.14. The van der Waals surface area contributed by atoms with Gasteiger partial charge in [0.1, 0.15) is 11.5 Å². The van der Waals surface area contributed by atoms with E-state index in [1.807, 2.05) is 0 Å². The Morgan fingerprint density at radius 2 is 1.50 bits per heavy atom. The normalized spacial score (nSPS) is 11.1. The third-order valence-electron chi connectivity index (χ3n) is 3.95. The Morgan fingerprint density at radius 1 is 0.885 bits per heavy atom. The van der Waals surface area contributed by atoms with Crippen molar-refractivity contribution in [3.8, 4) is 11.5 Å². The number of phenolic OH excluding ortho intramolecular Hbond substituents is 1. The first kappa shape index (κ1) is 17.8. The highest BCUT2D eigenvalue weighted by Crippen LogP contribution is 2.28. The molecule has 0 atom stereocenters. The quantitative estimate of drug-likeness (QED) is 0.718. The minimum atomic E-state index is -3.75. The molecule has 0 heterocycles. The van der Waals surface area contributed by atoms with Crippen LogP contribution in [0, 0.1) is 0 Å². The molecule has 0 saturated heterocycles. The molecule has 3 aromatic carbocycles. The summed E-state index contributed by atoms with van der Waals surface area (Å²) in [5, 5.41) is 9.46. The molecular formula is C20H19NO4S. The van der Waals surface area contributed by atoms with Crippen LogP contribution in [0.15, 0.2) is 83.8 Å². The number of sulfonamides is 1. The van der Waals surface area contributed by atoms with Crippen LogP contribution in [0.5, 0.6) is 11.5 Å². The first-order valence-electron chi connectivity index (χ1n) is 8.00. The van der Waals surface area contributed by atoms with Crippen LogP contribution in [0.3, 0.4) is 0 Å². The monoisotopic (exact) mass is 369 g/mol. The van der Waals surface area contributed by atoms with Crippen LogP contribution in [-0.4, -0.2) is 20.6 Å². The van der Waals surface area contributed by atoms with Gasteiger partial charge in [0.2, 0.25) is 0 Å². The molecule has 0 spiro atoms. The van der Waals surface area contributed by atoms with Crippen molar-refractivity contribution in [3.05, 3.63) is 84.4 Å². The van der Waals surface area contributed by atoms with Crippen LogP contribution in [0.4, 0.5) is 5.69 Å². The SMILES string of the molecule is COc1ccc(N(Cc2ccc(O)cc2)S(=O)(=O)c2ccccc2)cc1. The maximum Gasteiger partial charge on any atom is 0.264 e. The van der Waals surface area contributed by atoms with Crippen molar-refractivity contribution in [2.45, 2.75) is 11.4 Å². The first-order chi connectivity index (χ1) is 12.5. The number of phenols is 1. The number of benzene rings is 3. The molecule has 26 heavy (non-hydrogen) atoms. The molecule has 0 amide bonds. The van der Waals surface area contributed by atoms with Gasteiger partial charge in [0.15, 0.2) is 0 Å². The second-order valence-corrected chi connectivity index (χ2v) is 7.55. The zero-order chi connectivity index (χ0) is 18.6. The van der Waals surface area contributed by atoms with Gasteiger partial charge >= 0.3 is 0 Å². The third-order valence-corrected chi connectivity index (χ3v) is 5.74. The molecule has 1 N–H and O–H groups in total. The van der Waals surface area contributed by atoms with Crippen LogP contribution < -0.4 is 9.04 Å². The zero-order valence-corrected chi connectivity index (χ0v) is 15.1. The number of ether oxygens (including phenoxy) is 1. The predicted molar refractivity (Wildman–Crippen MR) is 101 cm³/mol. The average Bonchev–Trinajstić information content (AvgIpc) is 2.68. The van der Waals surface area contributed by atoms with E-state index in [2.05, 4.69) is 0 Å². The van der Waals surface area contributed by atoms with Crippen LogP contribution in [0.2, 0.25) is 0 Å². The lowest BCUT2D eigenvalue weighted by molar-refractivity contribution is 0.415. The van der Waals surface area contributed by atoms with Gasteiger partial charge in [-0.05, 0) is 54.1 Å². The molecule has 0 aliphatic rings. The molecule has 6 heteroatoms. The number of methoxy groups -OCH3 is 1. The van der Waals surface area contributed by atoms with E-state index in [0.717, 1.165) is 5.56 Å². The van der Waals surface area contributed by atoms with Gasteiger partial charge < -0.3 is 9.84 Å². The van der Waals surface area contributed by atoms with Crippen LogP contribution in [-0.2, 0) is 16.6 Å². The largest absolute Gasteiger partial charge is 0.508 e. The van der Waals surface area contributed by atoms with Crippen molar-refractivity contribution >= 4 is 15.7 Å². The van der Waals surface area contributed by atoms with Gasteiger partial charge in [0.05, 0.1) is 24.2 Å². The van der Waals surface area contributed by atoms with E-state index >= 15 is 0 Å². The van der Waals surface area contributed by atoms with Gasteiger partial charge in [0.25, 0.3) is 10.0 Å². The van der Waals surface area contributed by atoms with Gasteiger partial charge in [-0.2, -0.15) is 0 Å². The number of aromatic hydroxyl groups is 1. The molecule has 3 aromatic rings. The zero-order valence-electron chi connectivity index (χ0n) is 14.2. The molecule has 0 radical (unpaired) electrons. The molecule has 0 aliphatic carbocycles. The Hall–Kier alpha value is -2.99. The molecule has 3 rings (SSSR count). The van der Waals surface area contributed by atoms with E-state index in [4.69, 9.17) is 4.74 Å². The highest BCUT2D eigenvalue weighted by molar-refractivity contribution is 7.92. The topological polar surface area (TPSA) is 66.8 Å². The fourth-order valence-electron chi connectivity index (χ4n) is 2.55. The lowest BCUT2D eigenvalue weighted by Gasteiger charge is -2.25. The lowest BCUT2D eigenvalue weighted by Crippen LogP contribution is -2.30. The summed E-state index contributed by atoms with van der Waals surface area (Å²) in [4.78, 5) is 0.217. The number of rotatable bonds is 6. The van der Waals surface area contributed by atoms with E-state index in [0.29, 0.717) is 11.4 Å². The Balaban J connectivity index is 2.04. The third kappa shape index (κ3) is 3.81. The second-order valence-electron chi connectivity index (χ2n) is 5.69. The Morgan fingerprint density at radius 3 is 2.08 bits per heavy atom. The van der Waals surface area contributed by atoms with Crippen molar-refractivity contribution < 1.29 is 18.3 Å². The lowest BCUT2D eigenvalue weighted by atomic mass is 10.2. The predicted octanol–water partition coefficient (Wildman–Crippen LogP) is 3.80. The summed E-state index contributed by atoms with van der Waals surface area (Å²) in [5.41, 5.74) is 1.29. The average molecular weight is 369 g/mol. The summed E-state index contributed by atoms with van der Waals surface area (Å²) < 4.78 is 32.9. The molecular weight excluding hydrogens is 350 g/mol. The van der Waals surface area contributed by atoms with Gasteiger partial charge in [-0.15, -0.1) is 0 Å². The van der Waals surface area contributed by atoms with E-state index in [-0.39, 0.29) is 17.2 Å². The molecule has 0 saturated carbocycles. The van der Waals surface area contributed by atoms with Crippen molar-refractivity contribution in [2.24, 2.45) is 0 Å². The Bertz CT molecular complexity index is 953. The fraction of sp³-hybridized carbons (Fsp3) is 0.100. The second kappa shape index (κ2) is 7.49. The summed E-state index contributed by atoms with van der Waals surface area (Å²) in [7, 11) is -2.19. The molecule has 0 fully saturated rings. The summed E-state index contributed by atoms with van der Waals surface area (Å²) in [5.74, 6) is 0.783. The van der Waals surface area contributed by atoms with Gasteiger partial charge in [-0.1, -0.05) is 30.3 Å². The minimum Gasteiger partial charge on any atom is -0.508 e. The smallest absolute Gasteiger partial charge is 0.264 e. The van der Waals surface area contributed by atoms with E-state index in [1.54, 1.807) is 73.8 Å². The van der Waals surface area contributed by atoms with Crippen LogP contribution in [0.25, 0.3) is 0 Å². The highest BCUT2D eigenvalue weighted by atomic mass is 32.2. The molecule has 5 nitrogen and oxygen atoms in total. The molecule has 0 aromatic heterocycles.